The average molecular weight is 262 g/mol. The van der Waals surface area contributed by atoms with Crippen LogP contribution in [0.25, 0.3) is 0 Å². The van der Waals surface area contributed by atoms with Gasteiger partial charge in [0, 0.05) is 18.8 Å². The van der Waals surface area contributed by atoms with E-state index in [1.807, 2.05) is 30.3 Å². The van der Waals surface area contributed by atoms with Crippen LogP contribution in [0.1, 0.15) is 21.1 Å². The van der Waals surface area contributed by atoms with E-state index < -0.39 is 0 Å². The second-order valence-electron chi connectivity index (χ2n) is 3.77. The van der Waals surface area contributed by atoms with Gasteiger partial charge in [-0.05, 0) is 5.56 Å². The van der Waals surface area contributed by atoms with E-state index in [1.54, 1.807) is 12.4 Å². The summed E-state index contributed by atoms with van der Waals surface area (Å²) in [5.41, 5.74) is 1.61. The van der Waals surface area contributed by atoms with Crippen LogP contribution in [0.5, 0.6) is 0 Å². The maximum Gasteiger partial charge on any atom is 0.296 e. The van der Waals surface area contributed by atoms with E-state index in [-0.39, 0.29) is 5.91 Å². The predicted octanol–water partition coefficient (Wildman–Crippen LogP) is 2.37. The maximum atomic E-state index is 11.8. The summed E-state index contributed by atoms with van der Waals surface area (Å²) >= 11 is 1.49. The fourth-order valence-corrected chi connectivity index (χ4v) is 2.31. The van der Waals surface area contributed by atoms with E-state index in [1.165, 1.54) is 29.1 Å². The molecular weight excluding hydrogens is 248 g/mol. The third-order valence-electron chi connectivity index (χ3n) is 2.53. The molecule has 94 valence electrons. The van der Waals surface area contributed by atoms with Crippen LogP contribution in [0.15, 0.2) is 35.7 Å². The molecule has 1 heterocycles. The molecule has 1 amide bonds. The van der Waals surface area contributed by atoms with Gasteiger partial charge in [-0.25, -0.2) is 10.0 Å². The van der Waals surface area contributed by atoms with Crippen molar-refractivity contribution in [3.8, 4) is 0 Å². The molecule has 0 aliphatic carbocycles. The first-order valence-electron chi connectivity index (χ1n) is 5.51. The van der Waals surface area contributed by atoms with Crippen LogP contribution in [-0.4, -0.2) is 30.1 Å². The summed E-state index contributed by atoms with van der Waals surface area (Å²) in [7, 11) is 3.02. The molecule has 0 radical (unpaired) electrons. The molecule has 0 aliphatic heterocycles. The topological polar surface area (TPSA) is 42.4 Å². The SMILES string of the molecule is CON(C)C(=O)c1csc(Cc2ccccc2)n1. The molecule has 0 unspecified atom stereocenters. The van der Waals surface area contributed by atoms with Gasteiger partial charge in [0.05, 0.1) is 12.1 Å². The first kappa shape index (κ1) is 12.7. The lowest BCUT2D eigenvalue weighted by atomic mass is 10.2. The first-order valence-corrected chi connectivity index (χ1v) is 6.39. The van der Waals surface area contributed by atoms with Crippen molar-refractivity contribution in [2.45, 2.75) is 6.42 Å². The highest BCUT2D eigenvalue weighted by molar-refractivity contribution is 7.09. The molecule has 2 rings (SSSR count). The number of benzene rings is 1. The number of nitrogens with zero attached hydrogens (tertiary/aromatic N) is 2. The number of carbonyl (C=O) groups excluding carboxylic acids is 1. The molecule has 1 aromatic heterocycles. The normalized spacial score (nSPS) is 10.3. The number of rotatable bonds is 4. The van der Waals surface area contributed by atoms with E-state index in [2.05, 4.69) is 4.98 Å². The molecule has 0 spiro atoms. The van der Waals surface area contributed by atoms with Gasteiger partial charge in [-0.15, -0.1) is 11.3 Å². The van der Waals surface area contributed by atoms with E-state index in [9.17, 15) is 4.79 Å². The Morgan fingerprint density at radius 3 is 2.78 bits per heavy atom. The van der Waals surface area contributed by atoms with Crippen molar-refractivity contribution in [2.24, 2.45) is 0 Å². The molecule has 4 nitrogen and oxygen atoms in total. The van der Waals surface area contributed by atoms with E-state index in [0.29, 0.717) is 5.69 Å². The van der Waals surface area contributed by atoms with E-state index in [4.69, 9.17) is 4.84 Å². The molecule has 0 fully saturated rings. The molecule has 0 saturated heterocycles. The van der Waals surface area contributed by atoms with Gasteiger partial charge in [-0.1, -0.05) is 30.3 Å². The van der Waals surface area contributed by atoms with Gasteiger partial charge in [0.2, 0.25) is 0 Å². The molecule has 1 aromatic carbocycles. The molecule has 0 N–H and O–H groups in total. The lowest BCUT2D eigenvalue weighted by Gasteiger charge is -2.11. The Kier molecular flexibility index (Phi) is 4.07. The fraction of sp³-hybridized carbons (Fsp3) is 0.231. The highest BCUT2D eigenvalue weighted by atomic mass is 32.1. The van der Waals surface area contributed by atoms with Crippen LogP contribution >= 0.6 is 11.3 Å². The third kappa shape index (κ3) is 2.94. The van der Waals surface area contributed by atoms with E-state index >= 15 is 0 Å². The molecule has 0 aliphatic rings. The minimum atomic E-state index is -0.229. The number of thiazole rings is 1. The Bertz CT molecular complexity index is 525. The Morgan fingerprint density at radius 2 is 2.11 bits per heavy atom. The molecule has 0 atom stereocenters. The van der Waals surface area contributed by atoms with Crippen molar-refractivity contribution >= 4 is 17.2 Å². The Morgan fingerprint density at radius 1 is 1.39 bits per heavy atom. The zero-order valence-electron chi connectivity index (χ0n) is 10.3. The van der Waals surface area contributed by atoms with Gasteiger partial charge >= 0.3 is 0 Å². The quantitative estimate of drug-likeness (QED) is 0.794. The monoisotopic (exact) mass is 262 g/mol. The van der Waals surface area contributed by atoms with E-state index in [0.717, 1.165) is 11.4 Å². The highest BCUT2D eigenvalue weighted by Crippen LogP contribution is 2.15. The van der Waals surface area contributed by atoms with Crippen LogP contribution in [0.4, 0.5) is 0 Å². The van der Waals surface area contributed by atoms with Crippen molar-refractivity contribution in [3.63, 3.8) is 0 Å². The second kappa shape index (κ2) is 5.75. The number of aromatic nitrogens is 1. The minimum absolute atomic E-state index is 0.229. The van der Waals surface area contributed by atoms with Gasteiger partial charge in [0.15, 0.2) is 0 Å². The van der Waals surface area contributed by atoms with Gasteiger partial charge in [0.1, 0.15) is 5.69 Å². The summed E-state index contributed by atoms with van der Waals surface area (Å²) in [4.78, 5) is 21.0. The van der Waals surface area contributed by atoms with Gasteiger partial charge in [-0.2, -0.15) is 0 Å². The Hall–Kier alpha value is -1.72. The van der Waals surface area contributed by atoms with Crippen molar-refractivity contribution in [2.75, 3.05) is 14.2 Å². The van der Waals surface area contributed by atoms with Crippen LogP contribution in [0.3, 0.4) is 0 Å². The fourth-order valence-electron chi connectivity index (χ4n) is 1.51. The van der Waals surface area contributed by atoms with Crippen molar-refractivity contribution in [1.29, 1.82) is 0 Å². The van der Waals surface area contributed by atoms with Gasteiger partial charge in [0.25, 0.3) is 5.91 Å². The summed E-state index contributed by atoms with van der Waals surface area (Å²) < 4.78 is 0. The maximum absolute atomic E-state index is 11.8. The standard InChI is InChI=1S/C13H14N2O2S/c1-15(17-2)13(16)11-9-18-12(14-11)8-10-6-4-3-5-7-10/h3-7,9H,8H2,1-2H3. The summed E-state index contributed by atoms with van der Waals surface area (Å²) in [6, 6.07) is 10.1. The largest absolute Gasteiger partial charge is 0.296 e. The number of hydrogen-bond donors (Lipinski definition) is 0. The van der Waals surface area contributed by atoms with Gasteiger partial charge < -0.3 is 0 Å². The summed E-state index contributed by atoms with van der Waals surface area (Å²) in [5, 5.41) is 3.85. The predicted molar refractivity (Wildman–Crippen MR) is 70.5 cm³/mol. The van der Waals surface area contributed by atoms with Gasteiger partial charge in [-0.3, -0.25) is 9.63 Å². The molecule has 0 bridgehead atoms. The molecule has 5 heteroatoms. The number of carbonyl (C=O) groups is 1. The summed E-state index contributed by atoms with van der Waals surface area (Å²) in [6.07, 6.45) is 0.746. The Labute approximate surface area is 110 Å². The number of amides is 1. The van der Waals surface area contributed by atoms with Crippen LogP contribution in [0, 0.1) is 0 Å². The lowest BCUT2D eigenvalue weighted by Crippen LogP contribution is -2.25. The summed E-state index contributed by atoms with van der Waals surface area (Å²) in [6.45, 7) is 0. The molecule has 18 heavy (non-hydrogen) atoms. The van der Waals surface area contributed by atoms with Crippen molar-refractivity contribution < 1.29 is 9.63 Å². The second-order valence-corrected chi connectivity index (χ2v) is 4.72. The number of hydrogen-bond acceptors (Lipinski definition) is 4. The minimum Gasteiger partial charge on any atom is -0.274 e. The summed E-state index contributed by atoms with van der Waals surface area (Å²) in [5.74, 6) is -0.229. The number of hydroxylamine groups is 2. The molecule has 2 aromatic rings. The zero-order valence-corrected chi connectivity index (χ0v) is 11.1. The first-order chi connectivity index (χ1) is 8.70. The smallest absolute Gasteiger partial charge is 0.274 e. The molecular formula is C13H14N2O2S. The lowest BCUT2D eigenvalue weighted by molar-refractivity contribution is -0.0760. The van der Waals surface area contributed by atoms with Crippen molar-refractivity contribution in [3.05, 3.63) is 52.0 Å². The third-order valence-corrected chi connectivity index (χ3v) is 3.38. The average Bonchev–Trinajstić information content (AvgIpc) is 2.86. The van der Waals surface area contributed by atoms with Crippen LogP contribution in [-0.2, 0) is 11.3 Å². The Balaban J connectivity index is 2.09. The van der Waals surface area contributed by atoms with Crippen LogP contribution in [0.2, 0.25) is 0 Å². The highest BCUT2D eigenvalue weighted by Gasteiger charge is 2.15. The molecule has 0 saturated carbocycles. The van der Waals surface area contributed by atoms with Crippen molar-refractivity contribution in [1.82, 2.24) is 10.0 Å². The van der Waals surface area contributed by atoms with Crippen LogP contribution < -0.4 is 0 Å². The zero-order chi connectivity index (χ0) is 13.0.